The number of methoxy groups -OCH3 is 2. The number of ether oxygens (including phenoxy) is 3. The van der Waals surface area contributed by atoms with Gasteiger partial charge in [-0.25, -0.2) is 4.79 Å². The van der Waals surface area contributed by atoms with E-state index in [1.807, 2.05) is 0 Å². The van der Waals surface area contributed by atoms with Crippen LogP contribution in [0.4, 0.5) is 0 Å². The third kappa shape index (κ3) is 3.74. The first-order chi connectivity index (χ1) is 10.4. The Morgan fingerprint density at radius 3 is 2.50 bits per heavy atom. The molecule has 0 bridgehead atoms. The second-order valence-electron chi connectivity index (χ2n) is 5.12. The fourth-order valence-corrected chi connectivity index (χ4v) is 2.42. The standard InChI is InChI=1S/C17H22O5/c1-6-8-22-11-17(7-2)9-13(18)15(14(10-17)20-4)12(3)16(19)21-5/h6-7H,1-3,8-11H2,4-5H3. The zero-order chi connectivity index (χ0) is 16.8. The van der Waals surface area contributed by atoms with Gasteiger partial charge in [0.15, 0.2) is 5.78 Å². The van der Waals surface area contributed by atoms with Crippen LogP contribution in [0.3, 0.4) is 0 Å². The van der Waals surface area contributed by atoms with Crippen LogP contribution < -0.4 is 0 Å². The molecule has 5 nitrogen and oxygen atoms in total. The van der Waals surface area contributed by atoms with Crippen molar-refractivity contribution < 1.29 is 23.8 Å². The molecule has 1 rings (SSSR count). The second-order valence-corrected chi connectivity index (χ2v) is 5.12. The van der Waals surface area contributed by atoms with Crippen molar-refractivity contribution in [2.24, 2.45) is 5.41 Å². The number of hydrogen-bond donors (Lipinski definition) is 0. The number of hydrogen-bond acceptors (Lipinski definition) is 5. The van der Waals surface area contributed by atoms with Crippen LogP contribution in [0.2, 0.25) is 0 Å². The highest BCUT2D eigenvalue weighted by atomic mass is 16.5. The number of ketones is 1. The number of Topliss-reactive ketones (excluding diaryl/α,β-unsaturated/α-hetero) is 1. The molecule has 1 unspecified atom stereocenters. The van der Waals surface area contributed by atoms with E-state index >= 15 is 0 Å². The SMILES string of the molecule is C=CCOCC1(C=C)CC(=O)C(C(=C)C(=O)OC)=C(OC)C1. The number of esters is 1. The van der Waals surface area contributed by atoms with Gasteiger partial charge in [-0.05, 0) is 0 Å². The maximum atomic E-state index is 12.5. The fourth-order valence-electron chi connectivity index (χ4n) is 2.42. The second kappa shape index (κ2) is 7.75. The summed E-state index contributed by atoms with van der Waals surface area (Å²) in [6, 6.07) is 0. The molecule has 0 heterocycles. The zero-order valence-electron chi connectivity index (χ0n) is 13.1. The Morgan fingerprint density at radius 2 is 2.00 bits per heavy atom. The minimum atomic E-state index is -0.646. The highest BCUT2D eigenvalue weighted by Crippen LogP contribution is 2.41. The summed E-state index contributed by atoms with van der Waals surface area (Å²) in [6.07, 6.45) is 3.91. The number of carbonyl (C=O) groups excluding carboxylic acids is 2. The summed E-state index contributed by atoms with van der Waals surface area (Å²) in [5.74, 6) is -0.485. The third-order valence-corrected chi connectivity index (χ3v) is 3.62. The molecular weight excluding hydrogens is 284 g/mol. The van der Waals surface area contributed by atoms with Gasteiger partial charge in [-0.1, -0.05) is 18.7 Å². The van der Waals surface area contributed by atoms with Crippen LogP contribution in [-0.2, 0) is 23.8 Å². The molecule has 0 radical (unpaired) electrons. The van der Waals surface area contributed by atoms with E-state index in [1.165, 1.54) is 14.2 Å². The summed E-state index contributed by atoms with van der Waals surface area (Å²) in [5.41, 5.74) is -0.365. The van der Waals surface area contributed by atoms with Crippen LogP contribution in [0.15, 0.2) is 48.8 Å². The Labute approximate surface area is 130 Å². The van der Waals surface area contributed by atoms with Crippen LogP contribution in [0, 0.1) is 5.41 Å². The van der Waals surface area contributed by atoms with Crippen LogP contribution in [0.5, 0.6) is 0 Å². The maximum absolute atomic E-state index is 12.5. The predicted octanol–water partition coefficient (Wildman–Crippen LogP) is 2.35. The molecule has 0 fully saturated rings. The van der Waals surface area contributed by atoms with E-state index in [2.05, 4.69) is 24.5 Å². The van der Waals surface area contributed by atoms with E-state index in [-0.39, 0.29) is 23.4 Å². The van der Waals surface area contributed by atoms with Crippen molar-refractivity contribution >= 4 is 11.8 Å². The highest BCUT2D eigenvalue weighted by Gasteiger charge is 2.40. The fraction of sp³-hybridized carbons (Fsp3) is 0.412. The molecule has 5 heteroatoms. The summed E-state index contributed by atoms with van der Waals surface area (Å²) in [5, 5.41) is 0. The van der Waals surface area contributed by atoms with Crippen LogP contribution in [-0.4, -0.2) is 39.2 Å². The average Bonchev–Trinajstić information content (AvgIpc) is 2.53. The Hall–Kier alpha value is -2.14. The smallest absolute Gasteiger partial charge is 0.338 e. The molecule has 1 atom stereocenters. The quantitative estimate of drug-likeness (QED) is 0.298. The van der Waals surface area contributed by atoms with Gasteiger partial charge in [-0.15, -0.1) is 13.2 Å². The molecule has 0 amide bonds. The lowest BCUT2D eigenvalue weighted by molar-refractivity contribution is -0.136. The van der Waals surface area contributed by atoms with Gasteiger partial charge in [-0.3, -0.25) is 4.79 Å². The van der Waals surface area contributed by atoms with Crippen molar-refractivity contribution in [2.75, 3.05) is 27.4 Å². The molecule has 0 aromatic heterocycles. The van der Waals surface area contributed by atoms with Crippen molar-refractivity contribution in [3.8, 4) is 0 Å². The maximum Gasteiger partial charge on any atom is 0.338 e. The van der Waals surface area contributed by atoms with E-state index in [4.69, 9.17) is 9.47 Å². The monoisotopic (exact) mass is 306 g/mol. The van der Waals surface area contributed by atoms with Gasteiger partial charge in [-0.2, -0.15) is 0 Å². The predicted molar refractivity (Wildman–Crippen MR) is 83.1 cm³/mol. The first-order valence-corrected chi connectivity index (χ1v) is 6.85. The van der Waals surface area contributed by atoms with E-state index in [0.29, 0.717) is 25.4 Å². The summed E-state index contributed by atoms with van der Waals surface area (Å²) in [6.45, 7) is 11.7. The summed E-state index contributed by atoms with van der Waals surface area (Å²) < 4.78 is 15.4. The molecule has 120 valence electrons. The highest BCUT2D eigenvalue weighted by molar-refractivity contribution is 6.10. The Balaban J connectivity index is 3.13. The summed E-state index contributed by atoms with van der Waals surface area (Å²) in [7, 11) is 2.70. The van der Waals surface area contributed by atoms with E-state index in [0.717, 1.165) is 0 Å². The third-order valence-electron chi connectivity index (χ3n) is 3.62. The molecule has 0 aromatic carbocycles. The Morgan fingerprint density at radius 1 is 1.32 bits per heavy atom. The Bertz CT molecular complexity index is 529. The lowest BCUT2D eigenvalue weighted by Crippen LogP contribution is -2.35. The largest absolute Gasteiger partial charge is 0.500 e. The van der Waals surface area contributed by atoms with Crippen molar-refractivity contribution in [3.05, 3.63) is 48.8 Å². The van der Waals surface area contributed by atoms with Gasteiger partial charge in [0, 0.05) is 18.3 Å². The van der Waals surface area contributed by atoms with Crippen LogP contribution >= 0.6 is 0 Å². The molecule has 1 aliphatic carbocycles. The van der Waals surface area contributed by atoms with Crippen molar-refractivity contribution in [1.82, 2.24) is 0 Å². The van der Waals surface area contributed by atoms with Gasteiger partial charge in [0.05, 0.1) is 38.6 Å². The first-order valence-electron chi connectivity index (χ1n) is 6.85. The van der Waals surface area contributed by atoms with Gasteiger partial charge in [0.25, 0.3) is 0 Å². The molecular formula is C17H22O5. The lowest BCUT2D eigenvalue weighted by Gasteiger charge is -2.35. The van der Waals surface area contributed by atoms with Crippen molar-refractivity contribution in [3.63, 3.8) is 0 Å². The van der Waals surface area contributed by atoms with Gasteiger partial charge < -0.3 is 14.2 Å². The summed E-state index contributed by atoms with van der Waals surface area (Å²) >= 11 is 0. The van der Waals surface area contributed by atoms with Crippen molar-refractivity contribution in [1.29, 1.82) is 0 Å². The molecule has 1 aliphatic rings. The number of carbonyl (C=O) groups is 2. The molecule has 0 saturated heterocycles. The minimum Gasteiger partial charge on any atom is -0.500 e. The zero-order valence-corrected chi connectivity index (χ0v) is 13.1. The van der Waals surface area contributed by atoms with Crippen LogP contribution in [0.25, 0.3) is 0 Å². The molecule has 0 aliphatic heterocycles. The first kappa shape index (κ1) is 17.9. The van der Waals surface area contributed by atoms with Crippen LogP contribution in [0.1, 0.15) is 12.8 Å². The normalized spacial score (nSPS) is 21.3. The van der Waals surface area contributed by atoms with E-state index in [9.17, 15) is 9.59 Å². The molecule has 0 N–H and O–H groups in total. The number of allylic oxidation sites excluding steroid dienone is 1. The van der Waals surface area contributed by atoms with Gasteiger partial charge in [0.2, 0.25) is 0 Å². The molecule has 22 heavy (non-hydrogen) atoms. The van der Waals surface area contributed by atoms with Gasteiger partial charge in [0.1, 0.15) is 5.76 Å². The molecule has 0 spiro atoms. The van der Waals surface area contributed by atoms with E-state index in [1.54, 1.807) is 12.2 Å². The average molecular weight is 306 g/mol. The van der Waals surface area contributed by atoms with Crippen molar-refractivity contribution in [2.45, 2.75) is 12.8 Å². The topological polar surface area (TPSA) is 61.8 Å². The summed E-state index contributed by atoms with van der Waals surface area (Å²) in [4.78, 5) is 24.1. The Kier molecular flexibility index (Phi) is 6.31. The van der Waals surface area contributed by atoms with E-state index < -0.39 is 11.4 Å². The molecule has 0 aromatic rings. The lowest BCUT2D eigenvalue weighted by atomic mass is 9.72. The molecule has 0 saturated carbocycles. The minimum absolute atomic E-state index is 0.00835. The number of rotatable bonds is 8. The van der Waals surface area contributed by atoms with Gasteiger partial charge >= 0.3 is 5.97 Å².